The molecular weight excluding hydrogens is 276 g/mol. The molecule has 3 heteroatoms. The fourth-order valence-corrected chi connectivity index (χ4v) is 2.44. The van der Waals surface area contributed by atoms with Gasteiger partial charge in [0.25, 0.3) is 0 Å². The second-order valence-electron chi connectivity index (χ2n) is 4.58. The van der Waals surface area contributed by atoms with Crippen LogP contribution in [0, 0.1) is 0 Å². The Bertz CT molecular complexity index is 752. The lowest BCUT2D eigenvalue weighted by Crippen LogP contribution is -2.06. The summed E-state index contributed by atoms with van der Waals surface area (Å²) in [4.78, 5) is 12.3. The van der Waals surface area contributed by atoms with Crippen molar-refractivity contribution in [3.63, 3.8) is 0 Å². The number of carbonyl (C=O) groups is 1. The van der Waals surface area contributed by atoms with Gasteiger partial charge in [0, 0.05) is 0 Å². The van der Waals surface area contributed by atoms with Crippen molar-refractivity contribution in [2.24, 2.45) is 0 Å². The van der Waals surface area contributed by atoms with E-state index in [1.165, 1.54) is 0 Å². The second-order valence-corrected chi connectivity index (χ2v) is 4.58. The lowest BCUT2D eigenvalue weighted by Gasteiger charge is -2.10. The van der Waals surface area contributed by atoms with E-state index in [0.29, 0.717) is 18.4 Å². The molecular formula is C19H17O3. The molecule has 3 rings (SSSR count). The maximum atomic E-state index is 12.3. The third-order valence-corrected chi connectivity index (χ3v) is 3.25. The number of esters is 1. The van der Waals surface area contributed by atoms with Crippen LogP contribution in [0.2, 0.25) is 0 Å². The molecule has 0 N–H and O–H groups in total. The lowest BCUT2D eigenvalue weighted by atomic mass is 9.97. The van der Waals surface area contributed by atoms with Crippen LogP contribution in [-0.2, 0) is 9.84 Å². The first-order chi connectivity index (χ1) is 10.7. The van der Waals surface area contributed by atoms with Crippen LogP contribution >= 0.6 is 0 Å². The number of ether oxygens (including phenoxy) is 1. The third kappa shape index (κ3) is 3.09. The van der Waals surface area contributed by atoms with Gasteiger partial charge < -0.3 is 4.74 Å². The molecule has 0 heterocycles. The van der Waals surface area contributed by atoms with Crippen LogP contribution in [0.15, 0.2) is 67.4 Å². The molecule has 22 heavy (non-hydrogen) atoms. The molecule has 0 fully saturated rings. The van der Waals surface area contributed by atoms with Gasteiger partial charge in [-0.3, -0.25) is 5.11 Å². The third-order valence-electron chi connectivity index (χ3n) is 3.25. The van der Waals surface area contributed by atoms with Crippen LogP contribution in [-0.4, -0.2) is 12.6 Å². The summed E-state index contributed by atoms with van der Waals surface area (Å²) in [6.07, 6.45) is 0.500. The zero-order valence-corrected chi connectivity index (χ0v) is 12.4. The topological polar surface area (TPSA) is 46.2 Å². The van der Waals surface area contributed by atoms with Crippen molar-refractivity contribution in [2.75, 3.05) is 6.61 Å². The summed E-state index contributed by atoms with van der Waals surface area (Å²) in [6, 6.07) is 17.9. The van der Waals surface area contributed by atoms with Gasteiger partial charge in [-0.1, -0.05) is 55.1 Å². The summed E-state index contributed by atoms with van der Waals surface area (Å²) in [7, 11) is 0. The largest absolute Gasteiger partial charge is 0.462 e. The molecule has 0 bridgehead atoms. The highest BCUT2D eigenvalue weighted by atomic mass is 16.5. The van der Waals surface area contributed by atoms with E-state index in [2.05, 4.69) is 12.6 Å². The fourth-order valence-electron chi connectivity index (χ4n) is 2.44. The van der Waals surface area contributed by atoms with E-state index in [-0.39, 0.29) is 5.97 Å². The van der Waals surface area contributed by atoms with Crippen molar-refractivity contribution in [3.8, 4) is 0 Å². The number of rotatable bonds is 2. The predicted molar refractivity (Wildman–Crippen MR) is 88.3 cm³/mol. The van der Waals surface area contributed by atoms with Gasteiger partial charge in [0.15, 0.2) is 0 Å². The predicted octanol–water partition coefficient (Wildman–Crippen LogP) is 4.73. The monoisotopic (exact) mass is 293 g/mol. The minimum atomic E-state index is -0.254. The average molecular weight is 293 g/mol. The molecule has 111 valence electrons. The molecule has 0 spiro atoms. The van der Waals surface area contributed by atoms with Gasteiger partial charge in [-0.15, -0.1) is 0 Å². The Balaban J connectivity index is 0.000000545. The van der Waals surface area contributed by atoms with E-state index < -0.39 is 0 Å². The molecule has 3 aromatic carbocycles. The Morgan fingerprint density at radius 3 is 1.95 bits per heavy atom. The van der Waals surface area contributed by atoms with Crippen LogP contribution in [0.4, 0.5) is 0 Å². The van der Waals surface area contributed by atoms with Gasteiger partial charge in [0.05, 0.1) is 12.2 Å². The molecule has 3 nitrogen and oxygen atoms in total. The summed E-state index contributed by atoms with van der Waals surface area (Å²) >= 11 is 0. The minimum Gasteiger partial charge on any atom is -0.462 e. The van der Waals surface area contributed by atoms with Crippen molar-refractivity contribution in [2.45, 2.75) is 6.92 Å². The minimum absolute atomic E-state index is 0.254. The van der Waals surface area contributed by atoms with Gasteiger partial charge in [-0.05, 0) is 34.5 Å². The smallest absolute Gasteiger partial charge is 0.339 e. The maximum absolute atomic E-state index is 12.3. The molecule has 1 radical (unpaired) electrons. The maximum Gasteiger partial charge on any atom is 0.339 e. The van der Waals surface area contributed by atoms with Crippen LogP contribution < -0.4 is 0 Å². The first-order valence-electron chi connectivity index (χ1n) is 7.03. The van der Waals surface area contributed by atoms with Gasteiger partial charge in [0.2, 0.25) is 0 Å². The highest BCUT2D eigenvalue weighted by Gasteiger charge is 2.15. The summed E-state index contributed by atoms with van der Waals surface area (Å²) in [5.74, 6) is -0.254. The highest BCUT2D eigenvalue weighted by molar-refractivity contribution is 6.16. The number of benzene rings is 3. The summed E-state index contributed by atoms with van der Waals surface area (Å²) in [6.45, 7) is 5.02. The van der Waals surface area contributed by atoms with E-state index in [4.69, 9.17) is 9.84 Å². The fraction of sp³-hybridized carbons (Fsp3) is 0.105. The van der Waals surface area contributed by atoms with Gasteiger partial charge in [-0.2, -0.15) is 0 Å². The van der Waals surface area contributed by atoms with Crippen LogP contribution in [0.3, 0.4) is 0 Å². The molecule has 0 aromatic heterocycles. The molecule has 0 unspecified atom stereocenters. The van der Waals surface area contributed by atoms with Gasteiger partial charge >= 0.3 is 5.97 Å². The molecule has 0 atom stereocenters. The quantitative estimate of drug-likeness (QED) is 0.389. The van der Waals surface area contributed by atoms with Crippen molar-refractivity contribution >= 4 is 27.5 Å². The van der Waals surface area contributed by atoms with E-state index in [1.54, 1.807) is 0 Å². The number of carbonyl (C=O) groups excluding carboxylic acids is 1. The van der Waals surface area contributed by atoms with Crippen molar-refractivity contribution in [1.82, 2.24) is 0 Å². The van der Waals surface area contributed by atoms with Crippen LogP contribution in [0.5, 0.6) is 0 Å². The Hall–Kier alpha value is -2.81. The SMILES string of the molecule is C=C[O].CCOC(=O)c1c2ccccc2cc2ccccc12. The molecule has 0 aliphatic heterocycles. The molecule has 0 aliphatic rings. The highest BCUT2D eigenvalue weighted by Crippen LogP contribution is 2.28. The molecule has 3 aromatic rings. The van der Waals surface area contributed by atoms with E-state index in [9.17, 15) is 4.79 Å². The molecule has 0 amide bonds. The summed E-state index contributed by atoms with van der Waals surface area (Å²) in [5, 5.41) is 12.7. The molecule has 0 saturated heterocycles. The zero-order valence-electron chi connectivity index (χ0n) is 12.4. The Morgan fingerprint density at radius 1 is 1.05 bits per heavy atom. The zero-order chi connectivity index (χ0) is 15.9. The first-order valence-corrected chi connectivity index (χ1v) is 7.03. The van der Waals surface area contributed by atoms with E-state index in [1.807, 2.05) is 55.5 Å². The molecule has 0 aliphatic carbocycles. The number of hydrogen-bond donors (Lipinski definition) is 0. The average Bonchev–Trinajstić information content (AvgIpc) is 2.53. The van der Waals surface area contributed by atoms with Crippen LogP contribution in [0.1, 0.15) is 17.3 Å². The normalized spacial score (nSPS) is 9.86. The Morgan fingerprint density at radius 2 is 1.50 bits per heavy atom. The van der Waals surface area contributed by atoms with E-state index in [0.717, 1.165) is 21.5 Å². The van der Waals surface area contributed by atoms with Crippen molar-refractivity contribution in [1.29, 1.82) is 0 Å². The summed E-state index contributed by atoms with van der Waals surface area (Å²) < 4.78 is 5.21. The van der Waals surface area contributed by atoms with Gasteiger partial charge in [-0.25, -0.2) is 4.79 Å². The number of fused-ring (bicyclic) bond motifs is 2. The van der Waals surface area contributed by atoms with Gasteiger partial charge in [0.1, 0.15) is 6.26 Å². The Labute approximate surface area is 129 Å². The summed E-state index contributed by atoms with van der Waals surface area (Å²) in [5.41, 5.74) is 0.663. The Kier molecular flexibility index (Phi) is 5.15. The van der Waals surface area contributed by atoms with Crippen molar-refractivity contribution < 1.29 is 14.6 Å². The standard InChI is InChI=1S/C17H14O2.C2H3O/c1-2-19-17(18)16-14-9-5-3-7-12(14)11-13-8-4-6-10-15(13)16;1-2-3/h3-11H,2H2,1H3;2H,1H2. The van der Waals surface area contributed by atoms with Crippen molar-refractivity contribution in [3.05, 3.63) is 73.0 Å². The first kappa shape index (κ1) is 15.6. The second kappa shape index (κ2) is 7.27. The number of hydrogen-bond acceptors (Lipinski definition) is 2. The van der Waals surface area contributed by atoms with E-state index >= 15 is 0 Å². The van der Waals surface area contributed by atoms with Crippen LogP contribution in [0.25, 0.3) is 21.5 Å². The lowest BCUT2D eigenvalue weighted by molar-refractivity contribution is 0.0531. The molecule has 0 saturated carbocycles.